The summed E-state index contributed by atoms with van der Waals surface area (Å²) >= 11 is 1.64. The van der Waals surface area contributed by atoms with Gasteiger partial charge in [-0.25, -0.2) is 0 Å². The van der Waals surface area contributed by atoms with Crippen molar-refractivity contribution in [2.24, 2.45) is 0 Å². The number of hydrogen-bond donors (Lipinski definition) is 1. The smallest absolute Gasteiger partial charge is 0.244 e. The molecule has 1 N–H and O–H groups in total. The Balaban J connectivity index is 1.64. The van der Waals surface area contributed by atoms with Crippen molar-refractivity contribution in [3.05, 3.63) is 59.2 Å². The molecule has 3 aromatic heterocycles. The highest BCUT2D eigenvalue weighted by Gasteiger charge is 2.14. The Morgan fingerprint density at radius 1 is 1.41 bits per heavy atom. The van der Waals surface area contributed by atoms with E-state index in [4.69, 9.17) is 0 Å². The summed E-state index contributed by atoms with van der Waals surface area (Å²) in [6.45, 7) is 2.30. The number of carbonyl (C=O) groups excluding carboxylic acids is 1. The maximum absolute atomic E-state index is 12.1. The molecule has 0 aliphatic carbocycles. The van der Waals surface area contributed by atoms with Crippen molar-refractivity contribution < 1.29 is 4.79 Å². The van der Waals surface area contributed by atoms with Crippen LogP contribution in [0.1, 0.15) is 18.5 Å². The number of aromatic nitrogens is 3. The molecule has 0 aliphatic rings. The molecule has 1 atom stereocenters. The third-order valence-electron chi connectivity index (χ3n) is 3.41. The monoisotopic (exact) mass is 312 g/mol. The first-order chi connectivity index (χ1) is 10.7. The van der Waals surface area contributed by atoms with E-state index in [0.717, 1.165) is 16.8 Å². The Labute approximate surface area is 132 Å². The van der Waals surface area contributed by atoms with Crippen LogP contribution >= 0.6 is 11.3 Å². The third kappa shape index (κ3) is 3.23. The van der Waals surface area contributed by atoms with Gasteiger partial charge in [0, 0.05) is 36.1 Å². The molecule has 3 heterocycles. The van der Waals surface area contributed by atoms with Gasteiger partial charge in [0.2, 0.25) is 5.91 Å². The van der Waals surface area contributed by atoms with Gasteiger partial charge in [0.05, 0.1) is 5.69 Å². The summed E-state index contributed by atoms with van der Waals surface area (Å²) in [4.78, 5) is 16.5. The summed E-state index contributed by atoms with van der Waals surface area (Å²) in [6, 6.07) is 7.43. The van der Waals surface area contributed by atoms with Gasteiger partial charge in [-0.05, 0) is 42.1 Å². The van der Waals surface area contributed by atoms with Gasteiger partial charge in [-0.3, -0.25) is 14.5 Å². The molecule has 0 saturated carbocycles. The summed E-state index contributed by atoms with van der Waals surface area (Å²) in [5, 5.41) is 11.1. The second-order valence-electron chi connectivity index (χ2n) is 4.94. The largest absolute Gasteiger partial charge is 0.350 e. The van der Waals surface area contributed by atoms with E-state index in [2.05, 4.69) is 20.8 Å². The Morgan fingerprint density at radius 2 is 2.32 bits per heavy atom. The van der Waals surface area contributed by atoms with Crippen molar-refractivity contribution in [2.45, 2.75) is 19.5 Å². The summed E-state index contributed by atoms with van der Waals surface area (Å²) in [6.07, 6.45) is 5.22. The summed E-state index contributed by atoms with van der Waals surface area (Å²) < 4.78 is 1.64. The van der Waals surface area contributed by atoms with E-state index < -0.39 is 0 Å². The van der Waals surface area contributed by atoms with Crippen LogP contribution in [0.15, 0.2) is 53.6 Å². The second-order valence-corrected chi connectivity index (χ2v) is 5.72. The van der Waals surface area contributed by atoms with Crippen LogP contribution in [0.4, 0.5) is 0 Å². The normalized spacial score (nSPS) is 12.0. The van der Waals surface area contributed by atoms with Crippen LogP contribution in [-0.2, 0) is 11.3 Å². The predicted molar refractivity (Wildman–Crippen MR) is 86.3 cm³/mol. The molecule has 0 bridgehead atoms. The average molecular weight is 312 g/mol. The fourth-order valence-corrected chi connectivity index (χ4v) is 2.77. The van der Waals surface area contributed by atoms with Crippen molar-refractivity contribution in [2.75, 3.05) is 0 Å². The van der Waals surface area contributed by atoms with Gasteiger partial charge < -0.3 is 5.32 Å². The number of nitrogens with one attached hydrogen (secondary N) is 1. The second kappa shape index (κ2) is 6.53. The standard InChI is InChI=1S/C16H16N4OS/c1-12(20-7-2-5-19-20)16(21)18-10-13-3-6-17-15(9-13)14-4-8-22-11-14/h2-9,11-12H,10H2,1H3,(H,18,21). The SMILES string of the molecule is CC(C(=O)NCc1ccnc(-c2ccsc2)c1)n1cccn1. The first-order valence-electron chi connectivity index (χ1n) is 6.98. The van der Waals surface area contributed by atoms with Crippen LogP contribution in [-0.4, -0.2) is 20.7 Å². The molecule has 0 saturated heterocycles. The van der Waals surface area contributed by atoms with E-state index in [9.17, 15) is 4.79 Å². The lowest BCUT2D eigenvalue weighted by molar-refractivity contribution is -0.124. The minimum absolute atomic E-state index is 0.0578. The Hall–Kier alpha value is -2.47. The minimum Gasteiger partial charge on any atom is -0.350 e. The van der Waals surface area contributed by atoms with E-state index in [-0.39, 0.29) is 11.9 Å². The maximum Gasteiger partial charge on any atom is 0.244 e. The zero-order valence-electron chi connectivity index (χ0n) is 12.1. The van der Waals surface area contributed by atoms with Gasteiger partial charge in [0.1, 0.15) is 6.04 Å². The van der Waals surface area contributed by atoms with Gasteiger partial charge in [-0.15, -0.1) is 0 Å². The molecule has 3 aromatic rings. The van der Waals surface area contributed by atoms with E-state index in [1.54, 1.807) is 40.7 Å². The number of carbonyl (C=O) groups is 1. The van der Waals surface area contributed by atoms with Crippen molar-refractivity contribution in [1.29, 1.82) is 0 Å². The highest BCUT2D eigenvalue weighted by molar-refractivity contribution is 7.08. The number of thiophene rings is 1. The molecule has 0 radical (unpaired) electrons. The zero-order valence-corrected chi connectivity index (χ0v) is 13.0. The molecule has 112 valence electrons. The Morgan fingerprint density at radius 3 is 3.05 bits per heavy atom. The number of rotatable bonds is 5. The molecule has 0 aliphatic heterocycles. The fourth-order valence-electron chi connectivity index (χ4n) is 2.12. The topological polar surface area (TPSA) is 59.8 Å². The lowest BCUT2D eigenvalue weighted by atomic mass is 10.1. The third-order valence-corrected chi connectivity index (χ3v) is 4.09. The molecule has 1 amide bonds. The molecule has 1 unspecified atom stereocenters. The number of amides is 1. The lowest BCUT2D eigenvalue weighted by Gasteiger charge is -2.12. The lowest BCUT2D eigenvalue weighted by Crippen LogP contribution is -2.30. The molecule has 0 spiro atoms. The van der Waals surface area contributed by atoms with Crippen LogP contribution in [0.25, 0.3) is 11.3 Å². The Kier molecular flexibility index (Phi) is 4.29. The van der Waals surface area contributed by atoms with Gasteiger partial charge in [0.15, 0.2) is 0 Å². The summed E-state index contributed by atoms with van der Waals surface area (Å²) in [5.41, 5.74) is 3.05. The molecule has 6 heteroatoms. The van der Waals surface area contributed by atoms with Gasteiger partial charge in [-0.2, -0.15) is 16.4 Å². The van der Waals surface area contributed by atoms with Crippen LogP contribution in [0.3, 0.4) is 0 Å². The molecule has 22 heavy (non-hydrogen) atoms. The maximum atomic E-state index is 12.1. The summed E-state index contributed by atoms with van der Waals surface area (Å²) in [7, 11) is 0. The van der Waals surface area contributed by atoms with E-state index >= 15 is 0 Å². The Bertz CT molecular complexity index is 737. The molecule has 0 aromatic carbocycles. The van der Waals surface area contributed by atoms with Crippen molar-refractivity contribution in [3.63, 3.8) is 0 Å². The predicted octanol–water partition coefficient (Wildman–Crippen LogP) is 2.88. The van der Waals surface area contributed by atoms with Crippen molar-refractivity contribution >= 4 is 17.2 Å². The minimum atomic E-state index is -0.326. The van der Waals surface area contributed by atoms with Gasteiger partial charge >= 0.3 is 0 Å². The average Bonchev–Trinajstić information content (AvgIpc) is 3.24. The number of nitrogens with zero attached hydrogens (tertiary/aromatic N) is 3. The van der Waals surface area contributed by atoms with E-state index in [0.29, 0.717) is 6.54 Å². The van der Waals surface area contributed by atoms with Crippen LogP contribution < -0.4 is 5.32 Å². The molecule has 0 fully saturated rings. The van der Waals surface area contributed by atoms with Gasteiger partial charge in [0.25, 0.3) is 0 Å². The van der Waals surface area contributed by atoms with E-state index in [1.807, 2.05) is 30.5 Å². The number of hydrogen-bond acceptors (Lipinski definition) is 4. The highest BCUT2D eigenvalue weighted by atomic mass is 32.1. The highest BCUT2D eigenvalue weighted by Crippen LogP contribution is 2.20. The fraction of sp³-hybridized carbons (Fsp3) is 0.188. The first-order valence-corrected chi connectivity index (χ1v) is 7.92. The van der Waals surface area contributed by atoms with Crippen molar-refractivity contribution in [1.82, 2.24) is 20.1 Å². The number of pyridine rings is 1. The molecular weight excluding hydrogens is 296 g/mol. The van der Waals surface area contributed by atoms with Crippen LogP contribution in [0.2, 0.25) is 0 Å². The molecular formula is C16H16N4OS. The van der Waals surface area contributed by atoms with Crippen LogP contribution in [0.5, 0.6) is 0 Å². The van der Waals surface area contributed by atoms with Crippen LogP contribution in [0, 0.1) is 0 Å². The summed E-state index contributed by atoms with van der Waals surface area (Å²) in [5.74, 6) is -0.0578. The zero-order chi connectivity index (χ0) is 15.4. The van der Waals surface area contributed by atoms with Crippen molar-refractivity contribution in [3.8, 4) is 11.3 Å². The molecule has 3 rings (SSSR count). The van der Waals surface area contributed by atoms with E-state index in [1.165, 1.54) is 0 Å². The molecule has 5 nitrogen and oxygen atoms in total. The quantitative estimate of drug-likeness (QED) is 0.788. The first kappa shape index (κ1) is 14.5. The van der Waals surface area contributed by atoms with Gasteiger partial charge in [-0.1, -0.05) is 0 Å².